The molecule has 0 atom stereocenters. The van der Waals surface area contributed by atoms with Crippen LogP contribution in [0.15, 0.2) is 18.2 Å². The van der Waals surface area contributed by atoms with Gasteiger partial charge >= 0.3 is 0 Å². The number of amides is 1. The fourth-order valence-corrected chi connectivity index (χ4v) is 1.58. The molecule has 0 saturated heterocycles. The van der Waals surface area contributed by atoms with E-state index < -0.39 is 0 Å². The van der Waals surface area contributed by atoms with E-state index in [0.29, 0.717) is 22.2 Å². The summed E-state index contributed by atoms with van der Waals surface area (Å²) >= 11 is 15.6. The van der Waals surface area contributed by atoms with Gasteiger partial charge in [0.1, 0.15) is 0 Å². The summed E-state index contributed by atoms with van der Waals surface area (Å²) in [5, 5.41) is 0.926. The van der Waals surface area contributed by atoms with Crippen molar-refractivity contribution in [3.63, 3.8) is 0 Å². The Morgan fingerprint density at radius 2 is 2.07 bits per heavy atom. The first-order chi connectivity index (χ1) is 7.06. The van der Waals surface area contributed by atoms with Gasteiger partial charge in [0.25, 0.3) is 0 Å². The topological polar surface area (TPSA) is 20.3 Å². The number of carbonyl (C=O) groups excluding carboxylic acids is 1. The van der Waals surface area contributed by atoms with Crippen molar-refractivity contribution >= 4 is 47.4 Å². The van der Waals surface area contributed by atoms with E-state index in [4.69, 9.17) is 23.2 Å². The minimum absolute atomic E-state index is 0.00314. The summed E-state index contributed by atoms with van der Waals surface area (Å²) in [5.41, 5.74) is 0.733. The highest BCUT2D eigenvalue weighted by molar-refractivity contribution is 7.80. The first-order valence-electron chi connectivity index (χ1n) is 4.38. The van der Waals surface area contributed by atoms with Crippen LogP contribution in [0, 0.1) is 0 Å². The van der Waals surface area contributed by atoms with E-state index in [9.17, 15) is 4.79 Å². The van der Waals surface area contributed by atoms with Gasteiger partial charge in [0.15, 0.2) is 0 Å². The van der Waals surface area contributed by atoms with Crippen LogP contribution in [0.2, 0.25) is 10.0 Å². The molecule has 0 fully saturated rings. The molecule has 1 aromatic carbocycles. The van der Waals surface area contributed by atoms with Crippen LogP contribution in [0.5, 0.6) is 0 Å². The predicted molar refractivity (Wildman–Crippen MR) is 68.3 cm³/mol. The van der Waals surface area contributed by atoms with Crippen LogP contribution in [-0.2, 0) is 4.79 Å². The van der Waals surface area contributed by atoms with Crippen LogP contribution in [0.3, 0.4) is 0 Å². The van der Waals surface area contributed by atoms with Crippen molar-refractivity contribution in [2.24, 2.45) is 0 Å². The molecule has 0 N–H and O–H groups in total. The molecule has 0 unspecified atom stereocenters. The summed E-state index contributed by atoms with van der Waals surface area (Å²) in [4.78, 5) is 13.1. The van der Waals surface area contributed by atoms with Crippen molar-refractivity contribution in [2.45, 2.75) is 6.42 Å². The predicted octanol–water partition coefficient (Wildman–Crippen LogP) is 3.28. The number of thiol groups is 1. The normalized spacial score (nSPS) is 10.1. The molecule has 0 saturated carbocycles. The molecule has 1 aromatic rings. The Labute approximate surface area is 105 Å². The largest absolute Gasteiger partial charge is 0.315 e. The number of rotatable bonds is 3. The Hall–Kier alpha value is -0.380. The van der Waals surface area contributed by atoms with Gasteiger partial charge in [0.2, 0.25) is 5.91 Å². The maximum absolute atomic E-state index is 11.5. The summed E-state index contributed by atoms with van der Waals surface area (Å²) in [6, 6.07) is 5.09. The number of carbonyl (C=O) groups is 1. The highest BCUT2D eigenvalue weighted by atomic mass is 35.5. The molecule has 2 nitrogen and oxygen atoms in total. The van der Waals surface area contributed by atoms with Gasteiger partial charge in [0, 0.05) is 19.2 Å². The minimum Gasteiger partial charge on any atom is -0.315 e. The smallest absolute Gasteiger partial charge is 0.227 e. The van der Waals surface area contributed by atoms with E-state index in [-0.39, 0.29) is 5.91 Å². The van der Waals surface area contributed by atoms with Gasteiger partial charge in [-0.05, 0) is 24.0 Å². The molecule has 15 heavy (non-hydrogen) atoms. The lowest BCUT2D eigenvalue weighted by molar-refractivity contribution is -0.117. The lowest BCUT2D eigenvalue weighted by atomic mass is 10.3. The zero-order chi connectivity index (χ0) is 11.4. The average molecular weight is 264 g/mol. The number of anilines is 1. The van der Waals surface area contributed by atoms with Gasteiger partial charge in [-0.3, -0.25) is 4.79 Å². The number of nitrogens with zero attached hydrogens (tertiary/aromatic N) is 1. The Morgan fingerprint density at radius 3 is 2.60 bits per heavy atom. The molecule has 0 aromatic heterocycles. The van der Waals surface area contributed by atoms with E-state index in [2.05, 4.69) is 12.6 Å². The summed E-state index contributed by atoms with van der Waals surface area (Å²) in [5.74, 6) is 0.535. The molecule has 0 bridgehead atoms. The first kappa shape index (κ1) is 12.7. The lowest BCUT2D eigenvalue weighted by Crippen LogP contribution is -2.26. The molecule has 0 aliphatic heterocycles. The lowest BCUT2D eigenvalue weighted by Gasteiger charge is -2.17. The minimum atomic E-state index is 0.00314. The van der Waals surface area contributed by atoms with Crippen molar-refractivity contribution in [3.05, 3.63) is 28.2 Å². The quantitative estimate of drug-likeness (QED) is 0.831. The first-order valence-corrected chi connectivity index (χ1v) is 5.77. The molecule has 0 aliphatic rings. The second kappa shape index (κ2) is 5.64. The fraction of sp³-hybridized carbons (Fsp3) is 0.300. The molecular weight excluding hydrogens is 253 g/mol. The summed E-state index contributed by atoms with van der Waals surface area (Å²) in [7, 11) is 1.70. The van der Waals surface area contributed by atoms with E-state index in [0.717, 1.165) is 5.69 Å². The highest BCUT2D eigenvalue weighted by Crippen LogP contribution is 2.26. The number of benzene rings is 1. The molecule has 0 spiro atoms. The SMILES string of the molecule is CN(C(=O)CCS)c1ccc(Cl)c(Cl)c1. The molecule has 1 amide bonds. The Morgan fingerprint density at radius 1 is 1.40 bits per heavy atom. The van der Waals surface area contributed by atoms with Gasteiger partial charge in [-0.25, -0.2) is 0 Å². The van der Waals surface area contributed by atoms with Crippen LogP contribution in [0.1, 0.15) is 6.42 Å². The van der Waals surface area contributed by atoms with Crippen molar-refractivity contribution in [2.75, 3.05) is 17.7 Å². The van der Waals surface area contributed by atoms with Crippen LogP contribution < -0.4 is 4.90 Å². The fourth-order valence-electron chi connectivity index (χ4n) is 1.10. The third kappa shape index (κ3) is 3.30. The molecule has 0 heterocycles. The van der Waals surface area contributed by atoms with Crippen molar-refractivity contribution < 1.29 is 4.79 Å². The Kier molecular flexibility index (Phi) is 4.77. The average Bonchev–Trinajstić information content (AvgIpc) is 2.21. The van der Waals surface area contributed by atoms with Gasteiger partial charge in [-0.1, -0.05) is 23.2 Å². The van der Waals surface area contributed by atoms with Crippen molar-refractivity contribution in [3.8, 4) is 0 Å². The van der Waals surface area contributed by atoms with Gasteiger partial charge < -0.3 is 4.90 Å². The zero-order valence-electron chi connectivity index (χ0n) is 8.20. The van der Waals surface area contributed by atoms with Gasteiger partial charge in [0.05, 0.1) is 10.0 Å². The summed E-state index contributed by atoms with van der Waals surface area (Å²) < 4.78 is 0. The van der Waals surface area contributed by atoms with Crippen LogP contribution in [-0.4, -0.2) is 18.7 Å². The van der Waals surface area contributed by atoms with E-state index in [1.165, 1.54) is 0 Å². The number of hydrogen-bond acceptors (Lipinski definition) is 2. The molecule has 82 valence electrons. The summed E-state index contributed by atoms with van der Waals surface area (Å²) in [6.07, 6.45) is 0.403. The maximum Gasteiger partial charge on any atom is 0.227 e. The second-order valence-electron chi connectivity index (χ2n) is 3.02. The third-order valence-corrected chi connectivity index (χ3v) is 2.95. The van der Waals surface area contributed by atoms with Crippen molar-refractivity contribution in [1.29, 1.82) is 0 Å². The number of halogens is 2. The highest BCUT2D eigenvalue weighted by Gasteiger charge is 2.10. The zero-order valence-corrected chi connectivity index (χ0v) is 10.6. The second-order valence-corrected chi connectivity index (χ2v) is 4.29. The molecule has 0 radical (unpaired) electrons. The van der Waals surface area contributed by atoms with Crippen molar-refractivity contribution in [1.82, 2.24) is 0 Å². The molecular formula is C10H11Cl2NOS. The van der Waals surface area contributed by atoms with Gasteiger partial charge in [-0.2, -0.15) is 12.6 Å². The standard InChI is InChI=1S/C10H11Cl2NOS/c1-13(10(14)4-5-15)7-2-3-8(11)9(12)6-7/h2-3,6,15H,4-5H2,1H3. The summed E-state index contributed by atoms with van der Waals surface area (Å²) in [6.45, 7) is 0. The third-order valence-electron chi connectivity index (χ3n) is 1.99. The van der Waals surface area contributed by atoms with Crippen LogP contribution in [0.25, 0.3) is 0 Å². The maximum atomic E-state index is 11.5. The van der Waals surface area contributed by atoms with Crippen LogP contribution in [0.4, 0.5) is 5.69 Å². The molecule has 0 aliphatic carbocycles. The van der Waals surface area contributed by atoms with E-state index >= 15 is 0 Å². The van der Waals surface area contributed by atoms with Gasteiger partial charge in [-0.15, -0.1) is 0 Å². The molecule has 5 heteroatoms. The Bertz CT molecular complexity index is 370. The van der Waals surface area contributed by atoms with Crippen LogP contribution >= 0.6 is 35.8 Å². The molecule has 1 rings (SSSR count). The number of hydrogen-bond donors (Lipinski definition) is 1. The van der Waals surface area contributed by atoms with E-state index in [1.54, 1.807) is 30.1 Å². The van der Waals surface area contributed by atoms with E-state index in [1.807, 2.05) is 0 Å². The Balaban J connectivity index is 2.86. The monoisotopic (exact) mass is 263 g/mol.